The van der Waals surface area contributed by atoms with Crippen molar-refractivity contribution in [2.24, 2.45) is 0 Å². The zero-order valence-corrected chi connectivity index (χ0v) is 8.70. The summed E-state index contributed by atoms with van der Waals surface area (Å²) >= 11 is 0. The molecule has 0 aliphatic carbocycles. The highest BCUT2D eigenvalue weighted by atomic mass is 19.4. The summed E-state index contributed by atoms with van der Waals surface area (Å²) in [6.07, 6.45) is -2.82. The van der Waals surface area contributed by atoms with Crippen molar-refractivity contribution in [1.29, 1.82) is 0 Å². The molecule has 0 atom stereocenters. The van der Waals surface area contributed by atoms with Crippen LogP contribution in [0.2, 0.25) is 0 Å². The fraction of sp³-hybridized carbons (Fsp3) is 0.0833. The number of alkyl halides is 3. The lowest BCUT2D eigenvalue weighted by Gasteiger charge is -2.10. The van der Waals surface area contributed by atoms with Crippen molar-refractivity contribution >= 4 is 5.69 Å². The Labute approximate surface area is 95.9 Å². The molecule has 0 spiro atoms. The molecule has 2 N–H and O–H groups in total. The molecule has 1 heterocycles. The Morgan fingerprint density at radius 1 is 1.06 bits per heavy atom. The summed E-state index contributed by atoms with van der Waals surface area (Å²) in [4.78, 5) is 4.04. The van der Waals surface area contributed by atoms with E-state index in [0.29, 0.717) is 11.3 Å². The highest BCUT2D eigenvalue weighted by Crippen LogP contribution is 2.33. The van der Waals surface area contributed by atoms with Gasteiger partial charge in [-0.05, 0) is 24.3 Å². The van der Waals surface area contributed by atoms with Crippen LogP contribution in [0.5, 0.6) is 0 Å². The Hall–Kier alpha value is -2.04. The Morgan fingerprint density at radius 2 is 1.82 bits per heavy atom. The first-order valence-electron chi connectivity index (χ1n) is 4.86. The predicted molar refractivity (Wildman–Crippen MR) is 59.1 cm³/mol. The molecule has 0 amide bonds. The van der Waals surface area contributed by atoms with Gasteiger partial charge < -0.3 is 5.73 Å². The summed E-state index contributed by atoms with van der Waals surface area (Å²) in [6.45, 7) is 0. The molecular weight excluding hydrogens is 229 g/mol. The molecule has 5 heteroatoms. The van der Waals surface area contributed by atoms with Gasteiger partial charge in [0.1, 0.15) is 0 Å². The number of anilines is 1. The van der Waals surface area contributed by atoms with Gasteiger partial charge in [-0.1, -0.05) is 12.1 Å². The second kappa shape index (κ2) is 4.08. The third kappa shape index (κ3) is 2.38. The molecule has 0 aliphatic rings. The number of hydrogen-bond acceptors (Lipinski definition) is 2. The van der Waals surface area contributed by atoms with Crippen molar-refractivity contribution in [3.63, 3.8) is 0 Å². The van der Waals surface area contributed by atoms with E-state index >= 15 is 0 Å². The summed E-state index contributed by atoms with van der Waals surface area (Å²) < 4.78 is 37.3. The zero-order valence-electron chi connectivity index (χ0n) is 8.70. The van der Waals surface area contributed by atoms with Crippen LogP contribution in [0, 0.1) is 0 Å². The first-order valence-corrected chi connectivity index (χ1v) is 4.86. The largest absolute Gasteiger partial charge is 0.416 e. The average Bonchev–Trinajstić information content (AvgIpc) is 2.29. The van der Waals surface area contributed by atoms with E-state index in [-0.39, 0.29) is 5.69 Å². The van der Waals surface area contributed by atoms with Crippen LogP contribution >= 0.6 is 0 Å². The molecule has 1 aromatic carbocycles. The van der Waals surface area contributed by atoms with Gasteiger partial charge in [0.2, 0.25) is 0 Å². The van der Waals surface area contributed by atoms with E-state index in [2.05, 4.69) is 4.98 Å². The molecule has 0 saturated carbocycles. The van der Waals surface area contributed by atoms with E-state index in [1.165, 1.54) is 6.07 Å². The second-order valence-electron chi connectivity index (χ2n) is 3.51. The maximum absolute atomic E-state index is 12.4. The van der Waals surface area contributed by atoms with Crippen LogP contribution in [-0.2, 0) is 6.18 Å². The molecule has 0 saturated heterocycles. The summed E-state index contributed by atoms with van der Waals surface area (Å²) in [5.74, 6) is 0. The number of pyridine rings is 1. The van der Waals surface area contributed by atoms with Crippen molar-refractivity contribution in [1.82, 2.24) is 4.98 Å². The molecule has 88 valence electrons. The number of nitrogens with two attached hydrogens (primary N) is 1. The Bertz CT molecular complexity index is 521. The van der Waals surface area contributed by atoms with Gasteiger partial charge in [0.05, 0.1) is 11.3 Å². The molecule has 0 aliphatic heterocycles. The van der Waals surface area contributed by atoms with Crippen LogP contribution in [0.25, 0.3) is 11.3 Å². The maximum Gasteiger partial charge on any atom is 0.416 e. The fourth-order valence-corrected chi connectivity index (χ4v) is 1.49. The van der Waals surface area contributed by atoms with Gasteiger partial charge in [0, 0.05) is 17.4 Å². The molecule has 0 bridgehead atoms. The van der Waals surface area contributed by atoms with E-state index in [0.717, 1.165) is 12.1 Å². The molecule has 2 aromatic rings. The van der Waals surface area contributed by atoms with E-state index in [1.807, 2.05) is 0 Å². The fourth-order valence-electron chi connectivity index (χ4n) is 1.49. The number of aromatic nitrogens is 1. The van der Waals surface area contributed by atoms with Crippen molar-refractivity contribution in [2.45, 2.75) is 6.18 Å². The lowest BCUT2D eigenvalue weighted by molar-refractivity contribution is -0.137. The first-order chi connectivity index (χ1) is 7.98. The SMILES string of the molecule is Nc1cc(C(F)(F)F)ccc1-c1ccccn1. The van der Waals surface area contributed by atoms with Crippen LogP contribution < -0.4 is 5.73 Å². The molecule has 0 unspecified atom stereocenters. The second-order valence-corrected chi connectivity index (χ2v) is 3.51. The van der Waals surface area contributed by atoms with Crippen molar-refractivity contribution in [2.75, 3.05) is 5.73 Å². The average molecular weight is 238 g/mol. The molecule has 2 rings (SSSR count). The highest BCUT2D eigenvalue weighted by Gasteiger charge is 2.30. The van der Waals surface area contributed by atoms with Crippen molar-refractivity contribution in [3.05, 3.63) is 48.2 Å². The zero-order chi connectivity index (χ0) is 12.5. The molecular formula is C12H9F3N2. The van der Waals surface area contributed by atoms with Gasteiger partial charge in [-0.3, -0.25) is 4.98 Å². The molecule has 0 radical (unpaired) electrons. The van der Waals surface area contributed by atoms with E-state index in [4.69, 9.17) is 5.73 Å². The van der Waals surface area contributed by atoms with Gasteiger partial charge in [-0.25, -0.2) is 0 Å². The minimum Gasteiger partial charge on any atom is -0.398 e. The Kier molecular flexibility index (Phi) is 2.75. The van der Waals surface area contributed by atoms with Crippen molar-refractivity contribution in [3.8, 4) is 11.3 Å². The predicted octanol–water partition coefficient (Wildman–Crippen LogP) is 3.35. The van der Waals surface area contributed by atoms with E-state index in [9.17, 15) is 13.2 Å². The van der Waals surface area contributed by atoms with Gasteiger partial charge in [-0.15, -0.1) is 0 Å². The monoisotopic (exact) mass is 238 g/mol. The number of halogens is 3. The molecule has 0 fully saturated rings. The van der Waals surface area contributed by atoms with E-state index in [1.54, 1.807) is 24.4 Å². The highest BCUT2D eigenvalue weighted by molar-refractivity contribution is 5.74. The van der Waals surface area contributed by atoms with Crippen LogP contribution in [0.15, 0.2) is 42.6 Å². The quantitative estimate of drug-likeness (QED) is 0.774. The number of hydrogen-bond donors (Lipinski definition) is 1. The lowest BCUT2D eigenvalue weighted by atomic mass is 10.1. The summed E-state index contributed by atoms with van der Waals surface area (Å²) in [6, 6.07) is 8.42. The standard InChI is InChI=1S/C12H9F3N2/c13-12(14,15)8-4-5-9(10(16)7-8)11-3-1-2-6-17-11/h1-7H,16H2. The Balaban J connectivity index is 2.46. The third-order valence-electron chi connectivity index (χ3n) is 2.32. The van der Waals surface area contributed by atoms with Gasteiger partial charge >= 0.3 is 6.18 Å². The van der Waals surface area contributed by atoms with Gasteiger partial charge in [-0.2, -0.15) is 13.2 Å². The smallest absolute Gasteiger partial charge is 0.398 e. The Morgan fingerprint density at radius 3 is 2.35 bits per heavy atom. The number of benzene rings is 1. The summed E-state index contributed by atoms with van der Waals surface area (Å²) in [5, 5.41) is 0. The van der Waals surface area contributed by atoms with E-state index < -0.39 is 11.7 Å². The van der Waals surface area contributed by atoms with Gasteiger partial charge in [0.15, 0.2) is 0 Å². The maximum atomic E-state index is 12.4. The number of nitrogens with zero attached hydrogens (tertiary/aromatic N) is 1. The third-order valence-corrected chi connectivity index (χ3v) is 2.32. The minimum atomic E-state index is -4.38. The molecule has 1 aromatic heterocycles. The normalized spacial score (nSPS) is 11.5. The van der Waals surface area contributed by atoms with Crippen LogP contribution in [0.3, 0.4) is 0 Å². The minimum absolute atomic E-state index is 0.0681. The van der Waals surface area contributed by atoms with Gasteiger partial charge in [0.25, 0.3) is 0 Å². The number of nitrogen functional groups attached to an aromatic ring is 1. The first kappa shape index (κ1) is 11.4. The van der Waals surface area contributed by atoms with Crippen molar-refractivity contribution < 1.29 is 13.2 Å². The van der Waals surface area contributed by atoms with Crippen LogP contribution in [0.4, 0.5) is 18.9 Å². The topological polar surface area (TPSA) is 38.9 Å². The summed E-state index contributed by atoms with van der Waals surface area (Å²) in [7, 11) is 0. The number of rotatable bonds is 1. The van der Waals surface area contributed by atoms with Crippen LogP contribution in [-0.4, -0.2) is 4.98 Å². The lowest BCUT2D eigenvalue weighted by Crippen LogP contribution is -2.06. The van der Waals surface area contributed by atoms with Crippen LogP contribution in [0.1, 0.15) is 5.56 Å². The summed E-state index contributed by atoms with van der Waals surface area (Å²) in [5.41, 5.74) is 5.98. The molecule has 17 heavy (non-hydrogen) atoms. The molecule has 2 nitrogen and oxygen atoms in total.